The molecule has 0 bridgehead atoms. The van der Waals surface area contributed by atoms with Crippen LogP contribution in [0.4, 0.5) is 10.1 Å². The summed E-state index contributed by atoms with van der Waals surface area (Å²) in [6, 6.07) is 10.8. The molecule has 0 aliphatic rings. The highest BCUT2D eigenvalue weighted by Gasteiger charge is 2.24. The molecule has 6 heteroatoms. The maximum absolute atomic E-state index is 13.1. The Labute approximate surface area is 132 Å². The van der Waals surface area contributed by atoms with Crippen LogP contribution in [0.15, 0.2) is 51.8 Å². The first kappa shape index (κ1) is 16.0. The number of halogens is 2. The molecule has 112 valence electrons. The average molecular weight is 372 g/mol. The number of sulfonamides is 1. The molecule has 0 aromatic heterocycles. The zero-order chi connectivity index (χ0) is 15.6. The van der Waals surface area contributed by atoms with Crippen LogP contribution in [0.2, 0.25) is 0 Å². The lowest BCUT2D eigenvalue weighted by Crippen LogP contribution is -2.26. The van der Waals surface area contributed by atoms with Crippen molar-refractivity contribution in [3.63, 3.8) is 0 Å². The molecular weight excluding hydrogens is 357 g/mol. The van der Waals surface area contributed by atoms with Crippen molar-refractivity contribution in [1.82, 2.24) is 0 Å². The van der Waals surface area contributed by atoms with Gasteiger partial charge in [0.1, 0.15) is 10.7 Å². The Kier molecular flexibility index (Phi) is 4.68. The van der Waals surface area contributed by atoms with E-state index in [1.165, 1.54) is 17.4 Å². The Hall–Kier alpha value is -1.40. The molecule has 0 fully saturated rings. The Balaban J connectivity index is 2.42. The van der Waals surface area contributed by atoms with E-state index in [9.17, 15) is 12.8 Å². The zero-order valence-electron chi connectivity index (χ0n) is 11.7. The summed E-state index contributed by atoms with van der Waals surface area (Å²) in [7, 11) is -2.26. The lowest BCUT2D eigenvalue weighted by molar-refractivity contribution is 0.592. The lowest BCUT2D eigenvalue weighted by atomic mass is 10.1. The molecule has 0 amide bonds. The monoisotopic (exact) mass is 371 g/mol. The smallest absolute Gasteiger partial charge is 0.265 e. The molecular formula is C15H15BrFNO2S. The van der Waals surface area contributed by atoms with Gasteiger partial charge in [0.15, 0.2) is 0 Å². The highest BCUT2D eigenvalue weighted by atomic mass is 79.9. The summed E-state index contributed by atoms with van der Waals surface area (Å²) in [6.45, 7) is 2.03. The Morgan fingerprint density at radius 2 is 1.76 bits per heavy atom. The minimum atomic E-state index is -3.74. The molecule has 2 rings (SSSR count). The van der Waals surface area contributed by atoms with E-state index in [0.29, 0.717) is 5.69 Å². The SMILES string of the molecule is CCc1ccc(N(C)S(=O)(=O)c2ccc(F)cc2Br)cc1. The molecule has 0 atom stereocenters. The Bertz CT molecular complexity index is 745. The highest BCUT2D eigenvalue weighted by Crippen LogP contribution is 2.28. The van der Waals surface area contributed by atoms with Gasteiger partial charge >= 0.3 is 0 Å². The predicted octanol–water partition coefficient (Wildman–Crippen LogP) is 3.98. The maximum atomic E-state index is 13.1. The Morgan fingerprint density at radius 1 is 1.14 bits per heavy atom. The van der Waals surface area contributed by atoms with Crippen molar-refractivity contribution in [2.24, 2.45) is 0 Å². The fraction of sp³-hybridized carbons (Fsp3) is 0.200. The molecule has 0 radical (unpaired) electrons. The van der Waals surface area contributed by atoms with E-state index in [4.69, 9.17) is 0 Å². The summed E-state index contributed by atoms with van der Waals surface area (Å²) in [5.74, 6) is -0.490. The second kappa shape index (κ2) is 6.15. The van der Waals surface area contributed by atoms with Crippen LogP contribution in [0.3, 0.4) is 0 Å². The normalized spacial score (nSPS) is 11.4. The number of benzene rings is 2. The van der Waals surface area contributed by atoms with Gasteiger partial charge in [-0.25, -0.2) is 12.8 Å². The number of nitrogens with zero attached hydrogens (tertiary/aromatic N) is 1. The van der Waals surface area contributed by atoms with Crippen molar-refractivity contribution in [3.8, 4) is 0 Å². The molecule has 0 spiro atoms. The second-order valence-electron chi connectivity index (χ2n) is 4.57. The van der Waals surface area contributed by atoms with Gasteiger partial charge in [-0.1, -0.05) is 19.1 Å². The van der Waals surface area contributed by atoms with E-state index < -0.39 is 15.8 Å². The van der Waals surface area contributed by atoms with Crippen LogP contribution in [-0.4, -0.2) is 15.5 Å². The minimum Gasteiger partial charge on any atom is -0.269 e. The van der Waals surface area contributed by atoms with Crippen molar-refractivity contribution >= 4 is 31.6 Å². The van der Waals surface area contributed by atoms with Gasteiger partial charge in [0, 0.05) is 11.5 Å². The summed E-state index contributed by atoms with van der Waals surface area (Å²) in [5, 5.41) is 0. The van der Waals surface area contributed by atoms with Gasteiger partial charge in [0.2, 0.25) is 0 Å². The minimum absolute atomic E-state index is 0.0333. The van der Waals surface area contributed by atoms with Gasteiger partial charge in [-0.2, -0.15) is 0 Å². The molecule has 0 saturated heterocycles. The summed E-state index contributed by atoms with van der Waals surface area (Å²) in [5.41, 5.74) is 1.69. The largest absolute Gasteiger partial charge is 0.269 e. The first-order valence-corrected chi connectivity index (χ1v) is 8.62. The molecule has 0 heterocycles. The molecule has 0 saturated carbocycles. The van der Waals surface area contributed by atoms with Gasteiger partial charge in [0.25, 0.3) is 10.0 Å². The number of aryl methyl sites for hydroxylation is 1. The van der Waals surface area contributed by atoms with Crippen molar-refractivity contribution < 1.29 is 12.8 Å². The second-order valence-corrected chi connectivity index (χ2v) is 7.36. The van der Waals surface area contributed by atoms with E-state index in [2.05, 4.69) is 15.9 Å². The molecule has 0 aliphatic carbocycles. The Morgan fingerprint density at radius 3 is 2.29 bits per heavy atom. The van der Waals surface area contributed by atoms with Crippen LogP contribution in [0.1, 0.15) is 12.5 Å². The van der Waals surface area contributed by atoms with Crippen molar-refractivity contribution in [1.29, 1.82) is 0 Å². The molecule has 21 heavy (non-hydrogen) atoms. The summed E-state index contributed by atoms with van der Waals surface area (Å²) in [4.78, 5) is 0.0333. The van der Waals surface area contributed by atoms with E-state index in [1.807, 2.05) is 19.1 Å². The van der Waals surface area contributed by atoms with Gasteiger partial charge < -0.3 is 0 Å². The van der Waals surface area contributed by atoms with Crippen molar-refractivity contribution in [2.75, 3.05) is 11.4 Å². The fourth-order valence-corrected chi connectivity index (χ4v) is 4.12. The van der Waals surface area contributed by atoms with Crippen molar-refractivity contribution in [3.05, 3.63) is 58.3 Å². The number of hydrogen-bond acceptors (Lipinski definition) is 2. The molecule has 0 unspecified atom stereocenters. The summed E-state index contributed by atoms with van der Waals surface area (Å²) in [6.07, 6.45) is 0.889. The number of hydrogen-bond donors (Lipinski definition) is 0. The fourth-order valence-electron chi connectivity index (χ4n) is 1.91. The summed E-state index contributed by atoms with van der Waals surface area (Å²) >= 11 is 3.10. The van der Waals surface area contributed by atoms with Crippen LogP contribution in [0.25, 0.3) is 0 Å². The first-order valence-electron chi connectivity index (χ1n) is 6.39. The third kappa shape index (κ3) is 3.27. The number of anilines is 1. The van der Waals surface area contributed by atoms with Crippen LogP contribution in [0, 0.1) is 5.82 Å². The van der Waals surface area contributed by atoms with Gasteiger partial charge in [-0.3, -0.25) is 4.31 Å². The van der Waals surface area contributed by atoms with Gasteiger partial charge in [-0.15, -0.1) is 0 Å². The van der Waals surface area contributed by atoms with Crippen LogP contribution in [-0.2, 0) is 16.4 Å². The zero-order valence-corrected chi connectivity index (χ0v) is 14.1. The molecule has 2 aromatic carbocycles. The maximum Gasteiger partial charge on any atom is 0.265 e. The van der Waals surface area contributed by atoms with Gasteiger partial charge in [0.05, 0.1) is 5.69 Å². The van der Waals surface area contributed by atoms with E-state index >= 15 is 0 Å². The summed E-state index contributed by atoms with van der Waals surface area (Å²) < 4.78 is 39.7. The van der Waals surface area contributed by atoms with E-state index in [0.717, 1.165) is 24.1 Å². The molecule has 3 nitrogen and oxygen atoms in total. The standard InChI is InChI=1S/C15H15BrFNO2S/c1-3-11-4-7-13(8-5-11)18(2)21(19,20)15-9-6-12(17)10-14(15)16/h4-10H,3H2,1-2H3. The first-order chi connectivity index (χ1) is 9.86. The van der Waals surface area contributed by atoms with E-state index in [1.54, 1.807) is 12.1 Å². The van der Waals surface area contributed by atoms with Crippen molar-refractivity contribution in [2.45, 2.75) is 18.2 Å². The quantitative estimate of drug-likeness (QED) is 0.814. The van der Waals surface area contributed by atoms with E-state index in [-0.39, 0.29) is 9.37 Å². The lowest BCUT2D eigenvalue weighted by Gasteiger charge is -2.20. The van der Waals surface area contributed by atoms with Crippen LogP contribution >= 0.6 is 15.9 Å². The van der Waals surface area contributed by atoms with Crippen LogP contribution in [0.5, 0.6) is 0 Å². The van der Waals surface area contributed by atoms with Crippen LogP contribution < -0.4 is 4.31 Å². The number of rotatable bonds is 4. The van der Waals surface area contributed by atoms with Gasteiger partial charge in [-0.05, 0) is 58.2 Å². The topological polar surface area (TPSA) is 37.4 Å². The third-order valence-electron chi connectivity index (χ3n) is 3.24. The average Bonchev–Trinajstić information content (AvgIpc) is 2.46. The predicted molar refractivity (Wildman–Crippen MR) is 85.5 cm³/mol. The molecule has 0 aliphatic heterocycles. The molecule has 0 N–H and O–H groups in total. The third-order valence-corrected chi connectivity index (χ3v) is 6.00. The molecule has 2 aromatic rings. The highest BCUT2D eigenvalue weighted by molar-refractivity contribution is 9.10.